The van der Waals surface area contributed by atoms with Crippen LogP contribution in [0.2, 0.25) is 0 Å². The van der Waals surface area contributed by atoms with Gasteiger partial charge in [0, 0.05) is 22.4 Å². The highest BCUT2D eigenvalue weighted by molar-refractivity contribution is 6.11. The highest BCUT2D eigenvalue weighted by Crippen LogP contribution is 2.20. The van der Waals surface area contributed by atoms with Crippen LogP contribution in [0.15, 0.2) is 133 Å². The monoisotopic (exact) mass is 540 g/mol. The Morgan fingerprint density at radius 2 is 1.29 bits per heavy atom. The zero-order valence-electron chi connectivity index (χ0n) is 21.9. The number of halogens is 1. The Labute approximate surface area is 236 Å². The molecule has 200 valence electrons. The number of hydrogen-bond acceptors (Lipinski definition) is 3. The summed E-state index contributed by atoms with van der Waals surface area (Å²) >= 11 is 0. The topological polar surface area (TPSA) is 75.3 Å². The quantitative estimate of drug-likeness (QED) is 0.160. The van der Waals surface area contributed by atoms with Gasteiger partial charge in [-0.15, -0.1) is 0 Å². The third kappa shape index (κ3) is 6.69. The molecule has 0 unspecified atom stereocenters. The fourth-order valence-corrected chi connectivity index (χ4v) is 4.26. The molecule has 2 N–H and O–H groups in total. The summed E-state index contributed by atoms with van der Waals surface area (Å²) in [6.07, 6.45) is 4.58. The van der Waals surface area contributed by atoms with Crippen LogP contribution in [0.4, 0.5) is 10.1 Å². The van der Waals surface area contributed by atoms with Crippen LogP contribution in [0.25, 0.3) is 22.9 Å². The number of carbonyl (C=O) groups excluding carboxylic acids is 3. The van der Waals surface area contributed by atoms with E-state index in [2.05, 4.69) is 10.6 Å². The van der Waals surface area contributed by atoms with Crippen LogP contribution >= 0.6 is 0 Å². The molecule has 2 amide bonds. The summed E-state index contributed by atoms with van der Waals surface area (Å²) in [4.78, 5) is 38.8. The average molecular weight is 541 g/mol. The lowest BCUT2D eigenvalue weighted by Crippen LogP contribution is -2.30. The number of rotatable bonds is 8. The summed E-state index contributed by atoms with van der Waals surface area (Å²) in [7, 11) is 0. The Morgan fingerprint density at radius 1 is 0.634 bits per heavy atom. The van der Waals surface area contributed by atoms with Crippen LogP contribution in [0.1, 0.15) is 31.8 Å². The van der Waals surface area contributed by atoms with Gasteiger partial charge in [-0.2, -0.15) is 0 Å². The Hall–Kier alpha value is -5.62. The summed E-state index contributed by atoms with van der Waals surface area (Å²) in [6.45, 7) is 0. The maximum Gasteiger partial charge on any atom is 0.272 e. The fourth-order valence-electron chi connectivity index (χ4n) is 4.26. The van der Waals surface area contributed by atoms with Crippen molar-refractivity contribution in [3.8, 4) is 0 Å². The lowest BCUT2D eigenvalue weighted by molar-refractivity contribution is -0.113. The molecule has 6 heteroatoms. The van der Waals surface area contributed by atoms with Crippen molar-refractivity contribution in [2.45, 2.75) is 0 Å². The summed E-state index contributed by atoms with van der Waals surface area (Å²) in [5, 5.41) is 7.43. The van der Waals surface area contributed by atoms with Gasteiger partial charge in [0.25, 0.3) is 11.8 Å². The summed E-state index contributed by atoms with van der Waals surface area (Å²) < 4.78 is 14.3. The molecule has 5 rings (SSSR count). The first-order valence-electron chi connectivity index (χ1n) is 12.9. The molecule has 41 heavy (non-hydrogen) atoms. The number of benzene rings is 5. The van der Waals surface area contributed by atoms with Crippen molar-refractivity contribution in [2.24, 2.45) is 0 Å². The smallest absolute Gasteiger partial charge is 0.272 e. The van der Waals surface area contributed by atoms with Crippen molar-refractivity contribution in [3.63, 3.8) is 0 Å². The van der Waals surface area contributed by atoms with Crippen molar-refractivity contribution >= 4 is 46.2 Å². The van der Waals surface area contributed by atoms with E-state index < -0.39 is 17.6 Å². The number of amides is 2. The second kappa shape index (κ2) is 12.5. The van der Waals surface area contributed by atoms with E-state index in [9.17, 15) is 18.8 Å². The number of ketones is 1. The van der Waals surface area contributed by atoms with Gasteiger partial charge in [-0.1, -0.05) is 84.9 Å². The lowest BCUT2D eigenvalue weighted by Gasteiger charge is -2.12. The van der Waals surface area contributed by atoms with Crippen molar-refractivity contribution in [3.05, 3.63) is 161 Å². The predicted molar refractivity (Wildman–Crippen MR) is 161 cm³/mol. The first-order valence-corrected chi connectivity index (χ1v) is 12.9. The first kappa shape index (κ1) is 27.0. The van der Waals surface area contributed by atoms with E-state index >= 15 is 0 Å². The molecule has 0 saturated heterocycles. The van der Waals surface area contributed by atoms with Gasteiger partial charge in [-0.3, -0.25) is 14.4 Å². The van der Waals surface area contributed by atoms with E-state index in [1.165, 1.54) is 30.4 Å². The molecular formula is C35H25FN2O3. The molecule has 0 atom stereocenters. The van der Waals surface area contributed by atoms with Crippen LogP contribution in [-0.4, -0.2) is 17.6 Å². The summed E-state index contributed by atoms with van der Waals surface area (Å²) in [6, 6.07) is 34.6. The highest BCUT2D eigenvalue weighted by Gasteiger charge is 2.16. The van der Waals surface area contributed by atoms with E-state index in [4.69, 9.17) is 0 Å². The summed E-state index contributed by atoms with van der Waals surface area (Å²) in [5.74, 6) is -1.88. The van der Waals surface area contributed by atoms with Crippen LogP contribution in [-0.2, 0) is 4.79 Å². The molecule has 5 aromatic rings. The first-order chi connectivity index (χ1) is 20.0. The molecular weight excluding hydrogens is 515 g/mol. The number of anilines is 1. The second-order valence-corrected chi connectivity index (χ2v) is 9.20. The van der Waals surface area contributed by atoms with Gasteiger partial charge < -0.3 is 10.6 Å². The zero-order chi connectivity index (χ0) is 28.6. The van der Waals surface area contributed by atoms with Crippen molar-refractivity contribution in [1.82, 2.24) is 5.32 Å². The molecule has 5 aromatic carbocycles. The Balaban J connectivity index is 1.32. The number of fused-ring (bicyclic) bond motifs is 1. The van der Waals surface area contributed by atoms with Crippen molar-refractivity contribution < 1.29 is 18.8 Å². The second-order valence-electron chi connectivity index (χ2n) is 9.20. The molecule has 0 heterocycles. The number of hydrogen-bond donors (Lipinski definition) is 2. The van der Waals surface area contributed by atoms with E-state index in [0.29, 0.717) is 16.8 Å². The minimum atomic E-state index is -0.646. The number of allylic oxidation sites excluding steroid dienone is 1. The zero-order valence-corrected chi connectivity index (χ0v) is 21.9. The van der Waals surface area contributed by atoms with E-state index in [1.54, 1.807) is 66.7 Å². The SMILES string of the molecule is O=C(Nc1ccc(C(=O)/C=C/c2cccc3ccccc23)cc1)/C(=C/c1ccccc1F)NC(=O)c1ccccc1. The van der Waals surface area contributed by atoms with Gasteiger partial charge in [0.2, 0.25) is 0 Å². The molecule has 0 radical (unpaired) electrons. The van der Waals surface area contributed by atoms with Crippen LogP contribution < -0.4 is 10.6 Å². The fraction of sp³-hybridized carbons (Fsp3) is 0. The average Bonchev–Trinajstić information content (AvgIpc) is 3.01. The molecule has 0 bridgehead atoms. The molecule has 5 nitrogen and oxygen atoms in total. The van der Waals surface area contributed by atoms with Gasteiger partial charge in [-0.05, 0) is 71.0 Å². The van der Waals surface area contributed by atoms with Gasteiger partial charge >= 0.3 is 0 Å². The Kier molecular flexibility index (Phi) is 8.21. The van der Waals surface area contributed by atoms with Crippen molar-refractivity contribution in [1.29, 1.82) is 0 Å². The molecule has 0 aliphatic rings. The van der Waals surface area contributed by atoms with Gasteiger partial charge in [-0.25, -0.2) is 4.39 Å². The lowest BCUT2D eigenvalue weighted by atomic mass is 10.0. The van der Waals surface area contributed by atoms with E-state index in [1.807, 2.05) is 42.5 Å². The highest BCUT2D eigenvalue weighted by atomic mass is 19.1. The molecule has 0 aliphatic carbocycles. The summed E-state index contributed by atoms with van der Waals surface area (Å²) in [5.41, 5.74) is 2.13. The molecule has 0 aliphatic heterocycles. The van der Waals surface area contributed by atoms with Crippen LogP contribution in [0.5, 0.6) is 0 Å². The largest absolute Gasteiger partial charge is 0.321 e. The maximum absolute atomic E-state index is 14.3. The minimum Gasteiger partial charge on any atom is -0.321 e. The molecule has 0 aromatic heterocycles. The molecule has 0 saturated carbocycles. The predicted octanol–water partition coefficient (Wildman–Crippen LogP) is 7.28. The molecule has 0 fully saturated rings. The van der Waals surface area contributed by atoms with Gasteiger partial charge in [0.15, 0.2) is 5.78 Å². The number of carbonyl (C=O) groups is 3. The van der Waals surface area contributed by atoms with Crippen LogP contribution in [0.3, 0.4) is 0 Å². The minimum absolute atomic E-state index is 0.137. The van der Waals surface area contributed by atoms with E-state index in [0.717, 1.165) is 16.3 Å². The third-order valence-electron chi connectivity index (χ3n) is 6.40. The normalized spacial score (nSPS) is 11.4. The van der Waals surface area contributed by atoms with E-state index in [-0.39, 0.29) is 17.0 Å². The Morgan fingerprint density at radius 3 is 2.07 bits per heavy atom. The van der Waals surface area contributed by atoms with Crippen molar-refractivity contribution in [2.75, 3.05) is 5.32 Å². The van der Waals surface area contributed by atoms with Gasteiger partial charge in [0.1, 0.15) is 11.5 Å². The maximum atomic E-state index is 14.3. The Bertz CT molecular complexity index is 1790. The van der Waals surface area contributed by atoms with Crippen LogP contribution in [0, 0.1) is 5.82 Å². The standard InChI is InChI=1S/C35H25FN2O3/c36-31-16-7-5-12-28(31)23-32(38-34(40)27-10-2-1-3-11-27)35(41)37-29-20-17-26(18-21-29)33(39)22-19-25-14-8-13-24-9-4-6-15-30(24)25/h1-23H,(H,37,41)(H,38,40)/b22-19+,32-23-. The molecule has 0 spiro atoms. The van der Waals surface area contributed by atoms with Gasteiger partial charge in [0.05, 0.1) is 0 Å². The number of nitrogens with one attached hydrogen (secondary N) is 2. The third-order valence-corrected chi connectivity index (χ3v) is 6.40.